The number of ether oxygens (including phenoxy) is 1. The molecule has 0 N–H and O–H groups in total. The van der Waals surface area contributed by atoms with Crippen LogP contribution in [0.4, 0.5) is 0 Å². The van der Waals surface area contributed by atoms with Gasteiger partial charge in [0, 0.05) is 0 Å². The maximum Gasteiger partial charge on any atom is 0.0653 e. The summed E-state index contributed by atoms with van der Waals surface area (Å²) in [5, 5.41) is 0. The molecule has 33 heavy (non-hydrogen) atoms. The molecule has 0 amide bonds. The van der Waals surface area contributed by atoms with Crippen LogP contribution in [-0.2, 0) is 4.74 Å². The van der Waals surface area contributed by atoms with Gasteiger partial charge in [-0.3, -0.25) is 0 Å². The highest BCUT2D eigenvalue weighted by Crippen LogP contribution is 2.49. The molecule has 2 atom stereocenters. The first-order chi connectivity index (χ1) is 14.2. The van der Waals surface area contributed by atoms with E-state index in [1.54, 1.807) is 0 Å². The normalized spacial score (nSPS) is 17.1. The zero-order chi connectivity index (χ0) is 26.8. The van der Waals surface area contributed by atoms with Crippen molar-refractivity contribution in [2.75, 3.05) is 0 Å². The minimum absolute atomic E-state index is 0.118. The van der Waals surface area contributed by atoms with Crippen LogP contribution in [0, 0.1) is 44.3 Å². The molecule has 0 rings (SSSR count). The van der Waals surface area contributed by atoms with Gasteiger partial charge in [-0.1, -0.05) is 125 Å². The first-order valence-electron chi connectivity index (χ1n) is 13.9. The van der Waals surface area contributed by atoms with Crippen LogP contribution in [0.1, 0.15) is 150 Å². The largest absolute Gasteiger partial charge is 0.373 e. The molecular weight excluding hydrogens is 400 g/mol. The third-order valence-corrected chi connectivity index (χ3v) is 6.93. The molecule has 0 radical (unpaired) electrons. The first kappa shape index (κ1) is 33.0. The van der Waals surface area contributed by atoms with Gasteiger partial charge in [0.05, 0.1) is 12.2 Å². The molecule has 0 aromatic carbocycles. The summed E-state index contributed by atoms with van der Waals surface area (Å²) in [5.74, 6) is 0.982. The van der Waals surface area contributed by atoms with Crippen molar-refractivity contribution >= 4 is 0 Å². The lowest BCUT2D eigenvalue weighted by molar-refractivity contribution is -0.163. The van der Waals surface area contributed by atoms with Gasteiger partial charge in [0.1, 0.15) is 0 Å². The van der Waals surface area contributed by atoms with Crippen LogP contribution >= 0.6 is 0 Å². The Kier molecular flexibility index (Phi) is 10.9. The fourth-order valence-electron chi connectivity index (χ4n) is 8.31. The van der Waals surface area contributed by atoms with Crippen LogP contribution in [0.3, 0.4) is 0 Å². The van der Waals surface area contributed by atoms with E-state index in [2.05, 4.69) is 125 Å². The zero-order valence-corrected chi connectivity index (χ0v) is 26.5. The van der Waals surface area contributed by atoms with Crippen LogP contribution in [0.15, 0.2) is 0 Å². The van der Waals surface area contributed by atoms with Crippen LogP contribution in [0.25, 0.3) is 0 Å². The quantitative estimate of drug-likeness (QED) is 0.278. The standard InChI is InChI=1S/C32H66O/c1-23(2)25(31(15,16)21-29(11,12)19-27(5,6)7)33-26(24(3)4)32(17,18)22-30(13,14)20-28(8,9)10/h23-26H,19-22H2,1-18H3. The topological polar surface area (TPSA) is 9.23 Å². The van der Waals surface area contributed by atoms with Crippen molar-refractivity contribution in [3.8, 4) is 0 Å². The summed E-state index contributed by atoms with van der Waals surface area (Å²) in [5.41, 5.74) is 1.50. The van der Waals surface area contributed by atoms with Crippen molar-refractivity contribution in [3.05, 3.63) is 0 Å². The van der Waals surface area contributed by atoms with Crippen molar-refractivity contribution in [1.82, 2.24) is 0 Å². The van der Waals surface area contributed by atoms with Crippen molar-refractivity contribution in [1.29, 1.82) is 0 Å². The minimum atomic E-state index is 0.118. The maximum atomic E-state index is 7.26. The Morgan fingerprint density at radius 3 is 0.848 bits per heavy atom. The van der Waals surface area contributed by atoms with Crippen molar-refractivity contribution in [2.45, 2.75) is 163 Å². The zero-order valence-electron chi connectivity index (χ0n) is 26.5. The Labute approximate surface area is 211 Å². The van der Waals surface area contributed by atoms with E-state index in [0.717, 1.165) is 0 Å². The van der Waals surface area contributed by atoms with Crippen molar-refractivity contribution in [3.63, 3.8) is 0 Å². The molecule has 0 aromatic rings. The summed E-state index contributed by atoms with van der Waals surface area (Å²) in [6.45, 7) is 43.3. The lowest BCUT2D eigenvalue weighted by atomic mass is 9.64. The van der Waals surface area contributed by atoms with E-state index >= 15 is 0 Å². The van der Waals surface area contributed by atoms with E-state index < -0.39 is 0 Å². The Morgan fingerprint density at radius 1 is 0.424 bits per heavy atom. The molecule has 0 aromatic heterocycles. The number of rotatable bonds is 12. The van der Waals surface area contributed by atoms with Gasteiger partial charge in [0.2, 0.25) is 0 Å². The highest BCUT2D eigenvalue weighted by molar-refractivity contribution is 4.93. The Morgan fingerprint density at radius 2 is 0.667 bits per heavy atom. The average Bonchev–Trinajstić information content (AvgIpc) is 2.36. The first-order valence-corrected chi connectivity index (χ1v) is 13.9. The van der Waals surface area contributed by atoms with E-state index in [4.69, 9.17) is 4.74 Å². The predicted molar refractivity (Wildman–Crippen MR) is 151 cm³/mol. The molecule has 1 heteroatoms. The molecule has 0 saturated heterocycles. The summed E-state index contributed by atoms with van der Waals surface area (Å²) >= 11 is 0. The van der Waals surface area contributed by atoms with Crippen LogP contribution in [0.2, 0.25) is 0 Å². The van der Waals surface area contributed by atoms with Gasteiger partial charge in [-0.15, -0.1) is 0 Å². The van der Waals surface area contributed by atoms with Gasteiger partial charge >= 0.3 is 0 Å². The monoisotopic (exact) mass is 467 g/mol. The van der Waals surface area contributed by atoms with E-state index in [1.165, 1.54) is 25.7 Å². The highest BCUT2D eigenvalue weighted by atomic mass is 16.5. The van der Waals surface area contributed by atoms with Gasteiger partial charge in [-0.2, -0.15) is 0 Å². The molecule has 0 spiro atoms. The molecule has 200 valence electrons. The Bertz CT molecular complexity index is 523. The van der Waals surface area contributed by atoms with Crippen LogP contribution in [-0.4, -0.2) is 12.2 Å². The van der Waals surface area contributed by atoms with Gasteiger partial charge in [0.15, 0.2) is 0 Å². The molecule has 0 fully saturated rings. The summed E-state index contributed by atoms with van der Waals surface area (Å²) in [6, 6.07) is 0. The molecular formula is C32H66O. The second-order valence-corrected chi connectivity index (χ2v) is 17.6. The van der Waals surface area contributed by atoms with E-state index in [1.807, 2.05) is 0 Å². The summed E-state index contributed by atoms with van der Waals surface area (Å²) < 4.78 is 7.26. The third-order valence-electron chi connectivity index (χ3n) is 6.93. The predicted octanol–water partition coefficient (Wildman–Crippen LogP) is 10.8. The lowest BCUT2D eigenvalue weighted by Crippen LogP contribution is -2.48. The Balaban J connectivity index is 5.89. The minimum Gasteiger partial charge on any atom is -0.373 e. The smallest absolute Gasteiger partial charge is 0.0653 e. The molecule has 0 aliphatic rings. The fraction of sp³-hybridized carbons (Fsp3) is 1.00. The highest BCUT2D eigenvalue weighted by Gasteiger charge is 2.44. The third kappa shape index (κ3) is 12.5. The van der Waals surface area contributed by atoms with Gasteiger partial charge in [-0.05, 0) is 70.0 Å². The lowest BCUT2D eigenvalue weighted by Gasteiger charge is -2.49. The molecule has 0 bridgehead atoms. The summed E-state index contributed by atoms with van der Waals surface area (Å²) in [7, 11) is 0. The molecule has 0 aliphatic carbocycles. The summed E-state index contributed by atoms with van der Waals surface area (Å²) in [6.07, 6.45) is 5.31. The fourth-order valence-corrected chi connectivity index (χ4v) is 8.31. The van der Waals surface area contributed by atoms with Gasteiger partial charge in [-0.25, -0.2) is 0 Å². The second-order valence-electron chi connectivity index (χ2n) is 17.6. The maximum absolute atomic E-state index is 7.26. The molecule has 0 aliphatic heterocycles. The molecule has 0 heterocycles. The Hall–Kier alpha value is -0.0400. The van der Waals surface area contributed by atoms with Gasteiger partial charge < -0.3 is 4.74 Å². The average molecular weight is 467 g/mol. The molecule has 1 nitrogen and oxygen atoms in total. The number of hydrogen-bond donors (Lipinski definition) is 0. The van der Waals surface area contributed by atoms with Crippen LogP contribution in [0.5, 0.6) is 0 Å². The van der Waals surface area contributed by atoms with E-state index in [0.29, 0.717) is 22.7 Å². The summed E-state index contributed by atoms with van der Waals surface area (Å²) in [4.78, 5) is 0. The van der Waals surface area contributed by atoms with Crippen LogP contribution < -0.4 is 0 Å². The second kappa shape index (κ2) is 10.9. The molecule has 2 unspecified atom stereocenters. The molecule has 0 saturated carbocycles. The van der Waals surface area contributed by atoms with E-state index in [9.17, 15) is 0 Å². The van der Waals surface area contributed by atoms with Crippen molar-refractivity contribution in [2.24, 2.45) is 44.3 Å². The van der Waals surface area contributed by atoms with Gasteiger partial charge in [0.25, 0.3) is 0 Å². The van der Waals surface area contributed by atoms with Crippen molar-refractivity contribution < 1.29 is 4.74 Å². The van der Waals surface area contributed by atoms with E-state index in [-0.39, 0.29) is 33.9 Å². The number of hydrogen-bond acceptors (Lipinski definition) is 1. The SMILES string of the molecule is CC(C)C(OC(C(C)C)C(C)(C)CC(C)(C)CC(C)(C)C)C(C)(C)CC(C)(C)CC(C)(C)C.